The average molecular weight is 422 g/mol. The van der Waals surface area contributed by atoms with Crippen molar-refractivity contribution in [3.8, 4) is 11.5 Å². The molecule has 4 rings (SSSR count). The van der Waals surface area contributed by atoms with Crippen LogP contribution in [-0.4, -0.2) is 35.3 Å². The van der Waals surface area contributed by atoms with Gasteiger partial charge in [-0.1, -0.05) is 36.4 Å². The lowest BCUT2D eigenvalue weighted by Gasteiger charge is -2.12. The van der Waals surface area contributed by atoms with E-state index < -0.39 is 17.1 Å². The highest BCUT2D eigenvalue weighted by molar-refractivity contribution is 8.18. The summed E-state index contributed by atoms with van der Waals surface area (Å²) in [6, 6.07) is 14.6. The van der Waals surface area contributed by atoms with Crippen molar-refractivity contribution in [2.45, 2.75) is 6.92 Å². The summed E-state index contributed by atoms with van der Waals surface area (Å²) in [5.41, 5.74) is 2.32. The Morgan fingerprint density at radius 2 is 1.90 bits per heavy atom. The van der Waals surface area contributed by atoms with Crippen LogP contribution in [0.2, 0.25) is 0 Å². The molecule has 0 aromatic heterocycles. The number of imide groups is 1. The molecular weight excluding hydrogens is 404 g/mol. The molecule has 3 amide bonds. The fourth-order valence-electron chi connectivity index (χ4n) is 3.02. The molecule has 0 saturated carbocycles. The number of hydrogen-bond donors (Lipinski definition) is 1. The molecule has 2 aromatic rings. The second-order valence-corrected chi connectivity index (χ2v) is 7.68. The van der Waals surface area contributed by atoms with Gasteiger partial charge in [0.05, 0.1) is 4.91 Å². The third kappa shape index (κ3) is 4.38. The van der Waals surface area contributed by atoms with E-state index in [0.717, 1.165) is 27.8 Å². The topological polar surface area (TPSA) is 84.9 Å². The van der Waals surface area contributed by atoms with Gasteiger partial charge in [-0.25, -0.2) is 0 Å². The van der Waals surface area contributed by atoms with Crippen molar-refractivity contribution in [2.24, 2.45) is 0 Å². The predicted octanol–water partition coefficient (Wildman–Crippen LogP) is 4.04. The first kappa shape index (κ1) is 19.8. The fourth-order valence-corrected chi connectivity index (χ4v) is 3.90. The van der Waals surface area contributed by atoms with Crippen LogP contribution in [0.25, 0.3) is 6.08 Å². The van der Waals surface area contributed by atoms with Gasteiger partial charge < -0.3 is 14.8 Å². The van der Waals surface area contributed by atoms with Crippen LogP contribution in [0.15, 0.2) is 65.1 Å². The molecule has 0 unspecified atom stereocenters. The van der Waals surface area contributed by atoms with Crippen molar-refractivity contribution in [1.82, 2.24) is 4.90 Å². The van der Waals surface area contributed by atoms with Gasteiger partial charge in [0.2, 0.25) is 12.7 Å². The maximum Gasteiger partial charge on any atom is 0.294 e. The van der Waals surface area contributed by atoms with Crippen LogP contribution in [0.1, 0.15) is 12.5 Å². The lowest BCUT2D eigenvalue weighted by Crippen LogP contribution is -2.36. The van der Waals surface area contributed by atoms with Gasteiger partial charge in [0.1, 0.15) is 6.54 Å². The molecule has 0 atom stereocenters. The Kier molecular flexibility index (Phi) is 5.58. The summed E-state index contributed by atoms with van der Waals surface area (Å²) in [5, 5.41) is 2.19. The Bertz CT molecular complexity index is 1080. The molecule has 1 N–H and O–H groups in total. The summed E-state index contributed by atoms with van der Waals surface area (Å²) < 4.78 is 10.5. The van der Waals surface area contributed by atoms with Crippen molar-refractivity contribution in [3.63, 3.8) is 0 Å². The molecule has 152 valence electrons. The highest BCUT2D eigenvalue weighted by Gasteiger charge is 2.36. The lowest BCUT2D eigenvalue weighted by molar-refractivity contribution is -0.127. The number of thioether (sulfide) groups is 1. The molecule has 2 aliphatic heterocycles. The number of nitrogens with zero attached hydrogens (tertiary/aromatic N) is 1. The number of nitrogens with one attached hydrogen (secondary N) is 1. The van der Waals surface area contributed by atoms with Crippen molar-refractivity contribution >= 4 is 40.6 Å². The van der Waals surface area contributed by atoms with Gasteiger partial charge in [-0.15, -0.1) is 0 Å². The molecule has 2 heterocycles. The molecule has 0 radical (unpaired) electrons. The molecule has 8 heteroatoms. The highest BCUT2D eigenvalue weighted by atomic mass is 32.2. The quantitative estimate of drug-likeness (QED) is 0.732. The number of ether oxygens (including phenoxy) is 2. The molecule has 0 spiro atoms. The van der Waals surface area contributed by atoms with E-state index >= 15 is 0 Å². The number of amides is 3. The number of anilines is 1. The zero-order chi connectivity index (χ0) is 21.1. The summed E-state index contributed by atoms with van der Waals surface area (Å²) >= 11 is 0.826. The Balaban J connectivity index is 1.41. The molecule has 30 heavy (non-hydrogen) atoms. The molecular formula is C22H18N2O5S. The van der Waals surface area contributed by atoms with Crippen molar-refractivity contribution in [2.75, 3.05) is 18.7 Å². The minimum absolute atomic E-state index is 0.133. The largest absolute Gasteiger partial charge is 0.454 e. The van der Waals surface area contributed by atoms with E-state index in [2.05, 4.69) is 5.32 Å². The second kappa shape index (κ2) is 8.46. The van der Waals surface area contributed by atoms with Gasteiger partial charge in [-0.3, -0.25) is 19.3 Å². The standard InChI is InChI=1S/C22H18N2O5S/c1-14(9-15-5-3-2-4-6-15)10-19-21(26)24(22(27)30-19)12-20(25)23-16-7-8-17-18(11-16)29-13-28-17/h2-11H,12-13H2,1H3,(H,23,25)/b14-9+,19-10+. The van der Waals surface area contributed by atoms with Gasteiger partial charge >= 0.3 is 0 Å². The molecule has 1 saturated heterocycles. The van der Waals surface area contributed by atoms with Crippen LogP contribution in [0, 0.1) is 0 Å². The van der Waals surface area contributed by atoms with Crippen LogP contribution >= 0.6 is 11.8 Å². The summed E-state index contributed by atoms with van der Waals surface area (Å²) in [6.07, 6.45) is 3.58. The summed E-state index contributed by atoms with van der Waals surface area (Å²) in [4.78, 5) is 38.5. The minimum atomic E-state index is -0.480. The minimum Gasteiger partial charge on any atom is -0.454 e. The third-order valence-corrected chi connectivity index (χ3v) is 5.29. The van der Waals surface area contributed by atoms with Gasteiger partial charge in [-0.05, 0) is 48.0 Å². The number of carbonyl (C=O) groups excluding carboxylic acids is 3. The van der Waals surface area contributed by atoms with E-state index in [4.69, 9.17) is 9.47 Å². The number of hydrogen-bond acceptors (Lipinski definition) is 6. The van der Waals surface area contributed by atoms with E-state index in [0.29, 0.717) is 22.1 Å². The third-order valence-electron chi connectivity index (χ3n) is 4.38. The average Bonchev–Trinajstić information content (AvgIpc) is 3.28. The van der Waals surface area contributed by atoms with Crippen LogP contribution < -0.4 is 14.8 Å². The summed E-state index contributed by atoms with van der Waals surface area (Å²) in [6.45, 7) is 1.62. The van der Waals surface area contributed by atoms with E-state index in [9.17, 15) is 14.4 Å². The number of allylic oxidation sites excluding steroid dienone is 2. The maximum absolute atomic E-state index is 12.6. The molecule has 7 nitrogen and oxygen atoms in total. The Morgan fingerprint density at radius 1 is 1.13 bits per heavy atom. The van der Waals surface area contributed by atoms with Crippen LogP contribution in [-0.2, 0) is 9.59 Å². The Morgan fingerprint density at radius 3 is 2.70 bits per heavy atom. The monoisotopic (exact) mass is 422 g/mol. The number of carbonyl (C=O) groups is 3. The molecule has 0 bridgehead atoms. The van der Waals surface area contributed by atoms with Gasteiger partial charge in [0.15, 0.2) is 11.5 Å². The normalized spacial score (nSPS) is 17.0. The zero-order valence-electron chi connectivity index (χ0n) is 16.1. The van der Waals surface area contributed by atoms with Crippen molar-refractivity contribution in [1.29, 1.82) is 0 Å². The smallest absolute Gasteiger partial charge is 0.294 e. The molecule has 1 fully saturated rings. The zero-order valence-corrected chi connectivity index (χ0v) is 16.9. The molecule has 0 aliphatic carbocycles. The predicted molar refractivity (Wildman–Crippen MR) is 114 cm³/mol. The first-order valence-corrected chi connectivity index (χ1v) is 9.99. The maximum atomic E-state index is 12.6. The Labute approximate surface area is 177 Å². The van der Waals surface area contributed by atoms with Gasteiger partial charge in [0, 0.05) is 11.8 Å². The highest BCUT2D eigenvalue weighted by Crippen LogP contribution is 2.34. The van der Waals surface area contributed by atoms with Crippen LogP contribution in [0.3, 0.4) is 0 Å². The number of fused-ring (bicyclic) bond motifs is 1. The first-order valence-electron chi connectivity index (χ1n) is 9.18. The number of rotatable bonds is 5. The first-order chi connectivity index (χ1) is 14.5. The lowest BCUT2D eigenvalue weighted by atomic mass is 10.1. The van der Waals surface area contributed by atoms with Gasteiger partial charge in [0.25, 0.3) is 11.1 Å². The van der Waals surface area contributed by atoms with Crippen LogP contribution in [0.4, 0.5) is 10.5 Å². The summed E-state index contributed by atoms with van der Waals surface area (Å²) in [7, 11) is 0. The summed E-state index contributed by atoms with van der Waals surface area (Å²) in [5.74, 6) is 0.172. The Hall–Kier alpha value is -3.52. The fraction of sp³-hybridized carbons (Fsp3) is 0.136. The van der Waals surface area contributed by atoms with Crippen LogP contribution in [0.5, 0.6) is 11.5 Å². The van der Waals surface area contributed by atoms with E-state index in [1.165, 1.54) is 0 Å². The van der Waals surface area contributed by atoms with E-state index in [-0.39, 0.29) is 13.3 Å². The van der Waals surface area contributed by atoms with E-state index in [1.807, 2.05) is 43.3 Å². The number of benzene rings is 2. The second-order valence-electron chi connectivity index (χ2n) is 6.68. The molecule has 2 aliphatic rings. The van der Waals surface area contributed by atoms with Crippen molar-refractivity contribution in [3.05, 3.63) is 70.6 Å². The van der Waals surface area contributed by atoms with Crippen molar-refractivity contribution < 1.29 is 23.9 Å². The van der Waals surface area contributed by atoms with Gasteiger partial charge in [-0.2, -0.15) is 0 Å². The molecule has 2 aromatic carbocycles. The SMILES string of the molecule is CC(=C\c1ccccc1)/C=C1/SC(=O)N(CC(=O)Nc2ccc3c(c2)OCO3)C1=O. The van der Waals surface area contributed by atoms with E-state index in [1.54, 1.807) is 24.3 Å².